The lowest BCUT2D eigenvalue weighted by Gasteiger charge is -2.42. The zero-order chi connectivity index (χ0) is 17.7. The van der Waals surface area contributed by atoms with Gasteiger partial charge >= 0.3 is 0 Å². The van der Waals surface area contributed by atoms with Gasteiger partial charge in [0.1, 0.15) is 0 Å². The first kappa shape index (κ1) is 18.6. The monoisotopic (exact) mass is 365 g/mol. The SMILES string of the molecule is COCC1(C(=O)N2CCN(Cc3cccc(Cl)c3)CC2)CCNCC1. The fraction of sp³-hybridized carbons (Fsp3) is 0.632. The number of ether oxygens (including phenoxy) is 1. The second-order valence-electron chi connectivity index (χ2n) is 7.16. The first-order chi connectivity index (χ1) is 12.1. The van der Waals surface area contributed by atoms with Gasteiger partial charge in [0, 0.05) is 44.9 Å². The van der Waals surface area contributed by atoms with E-state index in [4.69, 9.17) is 16.3 Å². The molecule has 5 nitrogen and oxygen atoms in total. The van der Waals surface area contributed by atoms with Gasteiger partial charge in [-0.05, 0) is 43.6 Å². The van der Waals surface area contributed by atoms with E-state index in [0.29, 0.717) is 6.61 Å². The first-order valence-electron chi connectivity index (χ1n) is 9.09. The standard InChI is InChI=1S/C19H28ClN3O2/c1-25-15-19(5-7-21-8-6-19)18(24)23-11-9-22(10-12-23)14-16-3-2-4-17(20)13-16/h2-4,13,21H,5-12,14-15H2,1H3. The molecule has 1 N–H and O–H groups in total. The van der Waals surface area contributed by atoms with Crippen LogP contribution in [-0.4, -0.2) is 68.7 Å². The smallest absolute Gasteiger partial charge is 0.231 e. The lowest BCUT2D eigenvalue weighted by atomic mass is 9.78. The summed E-state index contributed by atoms with van der Waals surface area (Å²) in [6.07, 6.45) is 1.73. The number of carbonyl (C=O) groups is 1. The molecule has 2 saturated heterocycles. The third-order valence-corrected chi connectivity index (χ3v) is 5.62. The molecule has 1 aromatic rings. The van der Waals surface area contributed by atoms with Crippen molar-refractivity contribution in [2.75, 3.05) is 53.0 Å². The molecule has 0 aromatic heterocycles. The molecule has 2 aliphatic rings. The fourth-order valence-electron chi connectivity index (χ4n) is 3.94. The van der Waals surface area contributed by atoms with Crippen LogP contribution in [0, 0.1) is 5.41 Å². The topological polar surface area (TPSA) is 44.8 Å². The Morgan fingerprint density at radius 3 is 2.60 bits per heavy atom. The minimum atomic E-state index is -0.338. The number of rotatable bonds is 5. The van der Waals surface area contributed by atoms with E-state index in [-0.39, 0.29) is 11.3 Å². The Hall–Kier alpha value is -1.14. The number of methoxy groups -OCH3 is 1. The third-order valence-electron chi connectivity index (χ3n) is 5.39. The molecule has 0 aliphatic carbocycles. The van der Waals surface area contributed by atoms with Crippen molar-refractivity contribution in [3.05, 3.63) is 34.9 Å². The lowest BCUT2D eigenvalue weighted by Crippen LogP contribution is -2.56. The predicted octanol–water partition coefficient (Wildman–Crippen LogP) is 2.00. The molecule has 0 bridgehead atoms. The summed E-state index contributed by atoms with van der Waals surface area (Å²) in [5.74, 6) is 0.276. The quantitative estimate of drug-likeness (QED) is 0.866. The predicted molar refractivity (Wildman–Crippen MR) is 99.7 cm³/mol. The minimum Gasteiger partial charge on any atom is -0.384 e. The molecule has 2 heterocycles. The highest BCUT2D eigenvalue weighted by molar-refractivity contribution is 6.30. The summed E-state index contributed by atoms with van der Waals surface area (Å²) < 4.78 is 5.41. The lowest BCUT2D eigenvalue weighted by molar-refractivity contribution is -0.149. The maximum Gasteiger partial charge on any atom is 0.231 e. The molecule has 6 heteroatoms. The van der Waals surface area contributed by atoms with Crippen molar-refractivity contribution in [1.29, 1.82) is 0 Å². The van der Waals surface area contributed by atoms with Gasteiger partial charge in [-0.15, -0.1) is 0 Å². The van der Waals surface area contributed by atoms with Crippen LogP contribution < -0.4 is 5.32 Å². The average molecular weight is 366 g/mol. The molecule has 0 radical (unpaired) electrons. The van der Waals surface area contributed by atoms with Gasteiger partial charge in [0.25, 0.3) is 0 Å². The van der Waals surface area contributed by atoms with Crippen molar-refractivity contribution in [3.63, 3.8) is 0 Å². The summed E-state index contributed by atoms with van der Waals surface area (Å²) in [5.41, 5.74) is 0.885. The van der Waals surface area contributed by atoms with Gasteiger partial charge in [0.2, 0.25) is 5.91 Å². The van der Waals surface area contributed by atoms with Crippen molar-refractivity contribution in [3.8, 4) is 0 Å². The van der Waals surface area contributed by atoms with Gasteiger partial charge in [0.05, 0.1) is 12.0 Å². The Morgan fingerprint density at radius 2 is 1.96 bits per heavy atom. The molecule has 1 aromatic carbocycles. The minimum absolute atomic E-state index is 0.276. The highest BCUT2D eigenvalue weighted by atomic mass is 35.5. The van der Waals surface area contributed by atoms with Crippen molar-refractivity contribution in [2.24, 2.45) is 5.41 Å². The molecule has 0 atom stereocenters. The molecule has 25 heavy (non-hydrogen) atoms. The van der Waals surface area contributed by atoms with Crippen molar-refractivity contribution < 1.29 is 9.53 Å². The second-order valence-corrected chi connectivity index (χ2v) is 7.60. The number of benzene rings is 1. The third kappa shape index (κ3) is 4.53. The van der Waals surface area contributed by atoms with E-state index in [9.17, 15) is 4.79 Å². The fourth-order valence-corrected chi connectivity index (χ4v) is 4.15. The summed E-state index contributed by atoms with van der Waals surface area (Å²) in [7, 11) is 1.69. The van der Waals surface area contributed by atoms with Gasteiger partial charge in [-0.2, -0.15) is 0 Å². The van der Waals surface area contributed by atoms with E-state index in [1.165, 1.54) is 5.56 Å². The number of halogens is 1. The van der Waals surface area contributed by atoms with E-state index in [0.717, 1.165) is 63.7 Å². The molecule has 3 rings (SSSR count). The number of amides is 1. The Bertz CT molecular complexity index is 576. The number of hydrogen-bond donors (Lipinski definition) is 1. The molecule has 0 saturated carbocycles. The molecular formula is C19H28ClN3O2. The average Bonchev–Trinajstić information content (AvgIpc) is 2.63. The maximum absolute atomic E-state index is 13.2. The van der Waals surface area contributed by atoms with Crippen LogP contribution in [0.15, 0.2) is 24.3 Å². The van der Waals surface area contributed by atoms with Crippen LogP contribution in [0.25, 0.3) is 0 Å². The number of hydrogen-bond acceptors (Lipinski definition) is 4. The van der Waals surface area contributed by atoms with Gasteiger partial charge in [0.15, 0.2) is 0 Å². The van der Waals surface area contributed by atoms with Crippen LogP contribution in [0.2, 0.25) is 5.02 Å². The van der Waals surface area contributed by atoms with E-state index in [1.54, 1.807) is 7.11 Å². The van der Waals surface area contributed by atoms with Gasteiger partial charge in [-0.3, -0.25) is 9.69 Å². The highest BCUT2D eigenvalue weighted by Crippen LogP contribution is 2.32. The van der Waals surface area contributed by atoms with Crippen LogP contribution in [-0.2, 0) is 16.1 Å². The molecule has 2 aliphatic heterocycles. The van der Waals surface area contributed by atoms with E-state index >= 15 is 0 Å². The molecule has 0 spiro atoms. The molecule has 0 unspecified atom stereocenters. The Kier molecular flexibility index (Phi) is 6.34. The normalized spacial score (nSPS) is 21.3. The Morgan fingerprint density at radius 1 is 1.24 bits per heavy atom. The van der Waals surface area contributed by atoms with Crippen LogP contribution in [0.1, 0.15) is 18.4 Å². The number of carbonyl (C=O) groups excluding carboxylic acids is 1. The Labute approximate surface area is 155 Å². The summed E-state index contributed by atoms with van der Waals surface area (Å²) in [4.78, 5) is 17.6. The number of piperidine rings is 1. The van der Waals surface area contributed by atoms with Crippen molar-refractivity contribution >= 4 is 17.5 Å². The molecule has 138 valence electrons. The molecular weight excluding hydrogens is 338 g/mol. The summed E-state index contributed by atoms with van der Waals surface area (Å²) in [6.45, 7) is 6.58. The summed E-state index contributed by atoms with van der Waals surface area (Å²) in [5, 5.41) is 4.13. The van der Waals surface area contributed by atoms with Gasteiger partial charge < -0.3 is 15.0 Å². The van der Waals surface area contributed by atoms with Crippen molar-refractivity contribution in [2.45, 2.75) is 19.4 Å². The highest BCUT2D eigenvalue weighted by Gasteiger charge is 2.42. The number of nitrogens with zero attached hydrogens (tertiary/aromatic N) is 2. The van der Waals surface area contributed by atoms with Crippen LogP contribution in [0.3, 0.4) is 0 Å². The van der Waals surface area contributed by atoms with E-state index < -0.39 is 0 Å². The number of nitrogens with one attached hydrogen (secondary N) is 1. The van der Waals surface area contributed by atoms with E-state index in [1.807, 2.05) is 23.1 Å². The first-order valence-corrected chi connectivity index (χ1v) is 9.47. The number of piperazine rings is 1. The zero-order valence-corrected chi connectivity index (χ0v) is 15.7. The van der Waals surface area contributed by atoms with Gasteiger partial charge in [-0.25, -0.2) is 0 Å². The van der Waals surface area contributed by atoms with Gasteiger partial charge in [-0.1, -0.05) is 23.7 Å². The second kappa shape index (κ2) is 8.49. The van der Waals surface area contributed by atoms with Crippen LogP contribution >= 0.6 is 11.6 Å². The zero-order valence-electron chi connectivity index (χ0n) is 15.0. The molecule has 1 amide bonds. The molecule has 2 fully saturated rings. The van der Waals surface area contributed by atoms with Crippen LogP contribution in [0.5, 0.6) is 0 Å². The summed E-state index contributed by atoms with van der Waals surface area (Å²) in [6, 6.07) is 8.01. The largest absolute Gasteiger partial charge is 0.384 e. The van der Waals surface area contributed by atoms with Crippen LogP contribution in [0.4, 0.5) is 0 Å². The Balaban J connectivity index is 1.56. The maximum atomic E-state index is 13.2. The summed E-state index contributed by atoms with van der Waals surface area (Å²) >= 11 is 6.07. The van der Waals surface area contributed by atoms with E-state index in [2.05, 4.69) is 16.3 Å². The van der Waals surface area contributed by atoms with Crippen molar-refractivity contribution in [1.82, 2.24) is 15.1 Å².